The van der Waals surface area contributed by atoms with E-state index in [1.165, 1.54) is 15.6 Å². The number of para-hydroxylation sites is 1. The van der Waals surface area contributed by atoms with Gasteiger partial charge in [0.1, 0.15) is 4.90 Å². The summed E-state index contributed by atoms with van der Waals surface area (Å²) in [6.07, 6.45) is 0. The average Bonchev–Trinajstić information content (AvgIpc) is 3.05. The van der Waals surface area contributed by atoms with Crippen LogP contribution in [0.5, 0.6) is 0 Å². The van der Waals surface area contributed by atoms with Crippen LogP contribution in [0.25, 0.3) is 11.3 Å². The van der Waals surface area contributed by atoms with E-state index in [4.69, 9.17) is 16.6 Å². The van der Waals surface area contributed by atoms with E-state index >= 15 is 0 Å². The smallest absolute Gasteiger partial charge is 0.244 e. The number of rotatable bonds is 6. The fourth-order valence-electron chi connectivity index (χ4n) is 3.09. The van der Waals surface area contributed by atoms with Crippen LogP contribution in [0.3, 0.4) is 0 Å². The highest BCUT2D eigenvalue weighted by molar-refractivity contribution is 7.89. The number of aromatic nitrogens is 1. The predicted octanol–water partition coefficient (Wildman–Crippen LogP) is 4.98. The largest absolute Gasteiger partial charge is 0.320 e. The summed E-state index contributed by atoms with van der Waals surface area (Å²) in [5.74, 6) is 0. The van der Waals surface area contributed by atoms with E-state index in [2.05, 4.69) is 0 Å². The molecule has 8 heteroatoms. The van der Waals surface area contributed by atoms with Gasteiger partial charge < -0.3 is 4.57 Å². The van der Waals surface area contributed by atoms with Gasteiger partial charge in [-0.05, 0) is 30.7 Å². The molecule has 0 radical (unpaired) electrons. The van der Waals surface area contributed by atoms with Crippen LogP contribution in [0, 0.1) is 6.92 Å². The zero-order chi connectivity index (χ0) is 21.2. The lowest BCUT2D eigenvalue weighted by Gasteiger charge is -2.19. The molecule has 0 aliphatic heterocycles. The Morgan fingerprint density at radius 3 is 2.48 bits per heavy atom. The number of hydrogen-bond acceptors (Lipinski definition) is 4. The zero-order valence-corrected chi connectivity index (χ0v) is 19.3. The first-order valence-electron chi connectivity index (χ1n) is 9.34. The summed E-state index contributed by atoms with van der Waals surface area (Å²) in [7, 11) is -1.72. The van der Waals surface area contributed by atoms with Crippen LogP contribution in [0.4, 0.5) is 5.69 Å². The number of thiazole rings is 1. The third-order valence-corrected chi connectivity index (χ3v) is 8.25. The van der Waals surface area contributed by atoms with Crippen LogP contribution in [0.15, 0.2) is 57.7 Å². The van der Waals surface area contributed by atoms with Crippen LogP contribution in [0.2, 0.25) is 5.02 Å². The van der Waals surface area contributed by atoms with Gasteiger partial charge in [-0.25, -0.2) is 13.4 Å². The summed E-state index contributed by atoms with van der Waals surface area (Å²) in [6, 6.07) is 13.1. The first kappa shape index (κ1) is 21.8. The highest BCUT2D eigenvalue weighted by Crippen LogP contribution is 2.30. The molecule has 154 valence electrons. The van der Waals surface area contributed by atoms with Gasteiger partial charge in [0.2, 0.25) is 10.0 Å². The Balaban J connectivity index is 2.10. The van der Waals surface area contributed by atoms with Crippen molar-refractivity contribution in [2.45, 2.75) is 25.7 Å². The van der Waals surface area contributed by atoms with Gasteiger partial charge >= 0.3 is 0 Å². The molecule has 5 nitrogen and oxygen atoms in total. The minimum atomic E-state index is -3.65. The SMILES string of the molecule is CCN(CC)S(=O)(=O)c1cc(-c2cs/c(=N/c3ccccc3C)n2C)ccc1Cl. The number of sulfonamides is 1. The van der Waals surface area contributed by atoms with E-state index in [0.29, 0.717) is 13.1 Å². The number of benzene rings is 2. The van der Waals surface area contributed by atoms with Crippen molar-refractivity contribution < 1.29 is 8.42 Å². The number of halogens is 1. The Kier molecular flexibility index (Phi) is 6.63. The minimum Gasteiger partial charge on any atom is -0.320 e. The summed E-state index contributed by atoms with van der Waals surface area (Å²) < 4.78 is 29.3. The lowest BCUT2D eigenvalue weighted by molar-refractivity contribution is 0.445. The standard InChI is InChI=1S/C21H24ClN3O2S2/c1-5-25(6-2)29(26,27)20-13-16(11-12-17(20)22)19-14-28-21(24(19)4)23-18-10-8-7-9-15(18)3/h7-14H,5-6H2,1-4H3/b23-21+. The molecule has 1 aromatic heterocycles. The Morgan fingerprint density at radius 2 is 1.83 bits per heavy atom. The fourth-order valence-corrected chi connectivity index (χ4v) is 5.96. The number of hydrogen-bond donors (Lipinski definition) is 0. The van der Waals surface area contributed by atoms with Crippen molar-refractivity contribution in [3.05, 3.63) is 63.2 Å². The first-order valence-corrected chi connectivity index (χ1v) is 12.0. The first-order chi connectivity index (χ1) is 13.8. The Hall–Kier alpha value is -1.93. The van der Waals surface area contributed by atoms with E-state index in [1.807, 2.05) is 68.1 Å². The lowest BCUT2D eigenvalue weighted by Crippen LogP contribution is -2.30. The van der Waals surface area contributed by atoms with Crippen molar-refractivity contribution in [2.75, 3.05) is 13.1 Å². The van der Waals surface area contributed by atoms with Crippen LogP contribution in [-0.2, 0) is 17.1 Å². The van der Waals surface area contributed by atoms with E-state index < -0.39 is 10.0 Å². The normalized spacial score (nSPS) is 12.7. The molecule has 0 amide bonds. The molecule has 29 heavy (non-hydrogen) atoms. The molecule has 0 atom stereocenters. The van der Waals surface area contributed by atoms with E-state index in [9.17, 15) is 8.42 Å². The van der Waals surface area contributed by atoms with Crippen molar-refractivity contribution in [3.63, 3.8) is 0 Å². The molecule has 0 aliphatic rings. The van der Waals surface area contributed by atoms with Crippen molar-refractivity contribution in [1.82, 2.24) is 8.87 Å². The molecular formula is C21H24ClN3O2S2. The monoisotopic (exact) mass is 449 g/mol. The van der Waals surface area contributed by atoms with Gasteiger partial charge in [-0.3, -0.25) is 0 Å². The van der Waals surface area contributed by atoms with Crippen molar-refractivity contribution in [1.29, 1.82) is 0 Å². The summed E-state index contributed by atoms with van der Waals surface area (Å²) in [5.41, 5.74) is 3.68. The molecule has 3 aromatic rings. The van der Waals surface area contributed by atoms with Crippen LogP contribution in [-0.4, -0.2) is 30.4 Å². The molecule has 0 spiro atoms. The molecule has 0 bridgehead atoms. The maximum Gasteiger partial charge on any atom is 0.244 e. The predicted molar refractivity (Wildman–Crippen MR) is 120 cm³/mol. The van der Waals surface area contributed by atoms with Crippen LogP contribution < -0.4 is 4.80 Å². The molecule has 1 heterocycles. The van der Waals surface area contributed by atoms with Gasteiger partial charge in [0.25, 0.3) is 0 Å². The molecule has 0 fully saturated rings. The molecule has 3 rings (SSSR count). The van der Waals surface area contributed by atoms with Crippen molar-refractivity contribution >= 4 is 38.6 Å². The number of aryl methyl sites for hydroxylation is 1. The van der Waals surface area contributed by atoms with E-state index in [1.54, 1.807) is 12.1 Å². The highest BCUT2D eigenvalue weighted by Gasteiger charge is 2.25. The second-order valence-corrected chi connectivity index (χ2v) is 9.75. The minimum absolute atomic E-state index is 0.129. The zero-order valence-electron chi connectivity index (χ0n) is 16.9. The van der Waals surface area contributed by atoms with Gasteiger partial charge in [0.05, 0.1) is 16.4 Å². The quantitative estimate of drug-likeness (QED) is 0.533. The van der Waals surface area contributed by atoms with Crippen molar-refractivity contribution in [2.24, 2.45) is 12.0 Å². The molecule has 0 N–H and O–H groups in total. The van der Waals surface area contributed by atoms with Gasteiger partial charge in [0, 0.05) is 31.1 Å². The third-order valence-electron chi connectivity index (χ3n) is 4.81. The second-order valence-electron chi connectivity index (χ2n) is 6.60. The fraction of sp³-hybridized carbons (Fsp3) is 0.286. The third kappa shape index (κ3) is 4.33. The Morgan fingerprint density at radius 1 is 1.14 bits per heavy atom. The van der Waals surface area contributed by atoms with E-state index in [0.717, 1.165) is 27.3 Å². The Labute approximate surface area is 181 Å². The molecule has 0 saturated heterocycles. The van der Waals surface area contributed by atoms with Gasteiger partial charge in [-0.1, -0.05) is 49.7 Å². The summed E-state index contributed by atoms with van der Waals surface area (Å²) in [6.45, 7) is 6.45. The summed E-state index contributed by atoms with van der Waals surface area (Å²) in [4.78, 5) is 5.72. The molecule has 0 saturated carbocycles. The van der Waals surface area contributed by atoms with Gasteiger partial charge in [-0.2, -0.15) is 4.31 Å². The highest BCUT2D eigenvalue weighted by atomic mass is 35.5. The second kappa shape index (κ2) is 8.83. The molecular weight excluding hydrogens is 426 g/mol. The van der Waals surface area contributed by atoms with E-state index in [-0.39, 0.29) is 9.92 Å². The molecule has 0 aliphatic carbocycles. The van der Waals surface area contributed by atoms with Crippen LogP contribution in [0.1, 0.15) is 19.4 Å². The molecule has 2 aromatic carbocycles. The number of nitrogens with zero attached hydrogens (tertiary/aromatic N) is 3. The Bertz CT molecular complexity index is 1190. The maximum absolute atomic E-state index is 13.0. The summed E-state index contributed by atoms with van der Waals surface area (Å²) in [5, 5.41) is 2.21. The average molecular weight is 450 g/mol. The van der Waals surface area contributed by atoms with Gasteiger partial charge in [-0.15, -0.1) is 11.3 Å². The van der Waals surface area contributed by atoms with Gasteiger partial charge in [0.15, 0.2) is 4.80 Å². The maximum atomic E-state index is 13.0. The lowest BCUT2D eigenvalue weighted by atomic mass is 10.2. The van der Waals surface area contributed by atoms with Crippen molar-refractivity contribution in [3.8, 4) is 11.3 Å². The summed E-state index contributed by atoms with van der Waals surface area (Å²) >= 11 is 7.78. The van der Waals surface area contributed by atoms with Crippen LogP contribution >= 0.6 is 22.9 Å². The molecule has 0 unspecified atom stereocenters. The topological polar surface area (TPSA) is 54.7 Å².